The molecule has 0 heterocycles. The molecule has 0 amide bonds. The van der Waals surface area contributed by atoms with Gasteiger partial charge in [0.2, 0.25) is 0 Å². The number of ether oxygens (including phenoxy) is 2. The van der Waals surface area contributed by atoms with E-state index < -0.39 is 5.97 Å². The third-order valence-corrected chi connectivity index (χ3v) is 4.93. The summed E-state index contributed by atoms with van der Waals surface area (Å²) >= 11 is 0. The Hall–Kier alpha value is -1.75. The highest BCUT2D eigenvalue weighted by molar-refractivity contribution is 5.91. The number of carboxylic acid groups (broad SMARTS) is 1. The van der Waals surface area contributed by atoms with Crippen LogP contribution in [-0.4, -0.2) is 56.5 Å². The zero-order valence-electron chi connectivity index (χ0n) is 19.0. The summed E-state index contributed by atoms with van der Waals surface area (Å²) in [4.78, 5) is 11.5. The summed E-state index contributed by atoms with van der Waals surface area (Å²) in [6.45, 7) is 4.58. The molecule has 0 radical (unpaired) electrons. The van der Waals surface area contributed by atoms with Gasteiger partial charge in [-0.1, -0.05) is 39.0 Å². The van der Waals surface area contributed by atoms with Gasteiger partial charge in [0.1, 0.15) is 17.1 Å². The van der Waals surface area contributed by atoms with E-state index in [2.05, 4.69) is 28.1 Å². The molecule has 1 aromatic carbocycles. The van der Waals surface area contributed by atoms with Crippen LogP contribution in [-0.2, 0) is 0 Å². The summed E-state index contributed by atoms with van der Waals surface area (Å²) in [5.41, 5.74) is 0.196. The molecule has 0 fully saturated rings. The predicted octanol–water partition coefficient (Wildman–Crippen LogP) is 5.77. The molecule has 0 unspecified atom stereocenters. The highest BCUT2D eigenvalue weighted by atomic mass is 16.5. The van der Waals surface area contributed by atoms with Gasteiger partial charge in [-0.3, -0.25) is 0 Å². The summed E-state index contributed by atoms with van der Waals surface area (Å²) in [7, 11) is 6.62. The molecule has 1 rings (SSSR count). The fourth-order valence-corrected chi connectivity index (χ4v) is 3.18. The third kappa shape index (κ3) is 12.4. The van der Waals surface area contributed by atoms with Gasteiger partial charge in [0, 0.05) is 6.07 Å². The van der Waals surface area contributed by atoms with Crippen molar-refractivity contribution in [3.63, 3.8) is 0 Å². The van der Waals surface area contributed by atoms with E-state index in [4.69, 9.17) is 9.47 Å². The fourth-order valence-electron chi connectivity index (χ4n) is 3.18. The Morgan fingerprint density at radius 2 is 1.45 bits per heavy atom. The second kappa shape index (κ2) is 14.3. The highest BCUT2D eigenvalue weighted by Crippen LogP contribution is 2.26. The minimum absolute atomic E-state index is 0.196. The van der Waals surface area contributed by atoms with Crippen LogP contribution in [0.3, 0.4) is 0 Å². The first kappa shape index (κ1) is 25.3. The molecule has 0 atom stereocenters. The van der Waals surface area contributed by atoms with E-state index in [1.54, 1.807) is 18.2 Å². The van der Waals surface area contributed by atoms with Crippen molar-refractivity contribution < 1.29 is 23.9 Å². The summed E-state index contributed by atoms with van der Waals surface area (Å²) in [6, 6.07) is 5.02. The number of nitrogens with zero attached hydrogens (tertiary/aromatic N) is 1. The molecule has 0 saturated heterocycles. The number of unbranched alkanes of at least 4 members (excludes halogenated alkanes) is 8. The minimum atomic E-state index is -0.967. The largest absolute Gasteiger partial charge is 0.493 e. The monoisotopic (exact) mass is 408 g/mol. The summed E-state index contributed by atoms with van der Waals surface area (Å²) in [5, 5.41) is 9.40. The first-order valence-electron chi connectivity index (χ1n) is 11.3. The number of hydrogen-bond acceptors (Lipinski definition) is 3. The number of benzene rings is 1. The van der Waals surface area contributed by atoms with Crippen molar-refractivity contribution in [1.29, 1.82) is 0 Å². The smallest absolute Gasteiger partial charge is 0.339 e. The van der Waals surface area contributed by atoms with Crippen LogP contribution >= 0.6 is 0 Å². The van der Waals surface area contributed by atoms with E-state index in [9.17, 15) is 9.90 Å². The average Bonchev–Trinajstić information content (AvgIpc) is 2.65. The van der Waals surface area contributed by atoms with E-state index in [-0.39, 0.29) is 5.56 Å². The van der Waals surface area contributed by atoms with Crippen molar-refractivity contribution in [2.24, 2.45) is 0 Å². The molecule has 166 valence electrons. The molecular weight excluding hydrogens is 366 g/mol. The Morgan fingerprint density at radius 1 is 0.862 bits per heavy atom. The van der Waals surface area contributed by atoms with Gasteiger partial charge in [-0.2, -0.15) is 0 Å². The lowest BCUT2D eigenvalue weighted by atomic mass is 10.1. The van der Waals surface area contributed by atoms with Crippen LogP contribution in [0.25, 0.3) is 0 Å². The zero-order chi connectivity index (χ0) is 21.5. The van der Waals surface area contributed by atoms with Crippen molar-refractivity contribution in [3.8, 4) is 11.5 Å². The SMILES string of the molecule is CCCCCCCCOc1ccc(C(=O)O)c(OCCCCCC[N+](C)(C)C)c1. The maximum atomic E-state index is 11.5. The Labute approximate surface area is 177 Å². The van der Waals surface area contributed by atoms with Crippen molar-refractivity contribution in [2.75, 3.05) is 40.9 Å². The lowest BCUT2D eigenvalue weighted by Gasteiger charge is -2.23. The summed E-state index contributed by atoms with van der Waals surface area (Å²) in [5.74, 6) is 0.122. The molecule has 0 aliphatic carbocycles. The number of hydrogen-bond donors (Lipinski definition) is 1. The van der Waals surface area contributed by atoms with E-state index >= 15 is 0 Å². The van der Waals surface area contributed by atoms with Gasteiger partial charge in [-0.05, 0) is 44.2 Å². The van der Waals surface area contributed by atoms with Crippen LogP contribution in [0.5, 0.6) is 11.5 Å². The molecule has 0 aliphatic heterocycles. The number of quaternary nitrogens is 1. The van der Waals surface area contributed by atoms with Gasteiger partial charge in [-0.15, -0.1) is 0 Å². The van der Waals surface area contributed by atoms with Crippen molar-refractivity contribution >= 4 is 5.97 Å². The second-order valence-electron chi connectivity index (χ2n) is 8.86. The Bertz CT molecular complexity index is 581. The Morgan fingerprint density at radius 3 is 2.07 bits per heavy atom. The number of carbonyl (C=O) groups is 1. The van der Waals surface area contributed by atoms with E-state index in [0.29, 0.717) is 24.7 Å². The molecule has 0 saturated carbocycles. The van der Waals surface area contributed by atoms with Crippen LogP contribution in [0.4, 0.5) is 0 Å². The van der Waals surface area contributed by atoms with E-state index in [1.165, 1.54) is 51.5 Å². The summed E-state index contributed by atoms with van der Waals surface area (Å²) in [6.07, 6.45) is 11.7. The molecule has 0 aromatic heterocycles. The lowest BCUT2D eigenvalue weighted by molar-refractivity contribution is -0.870. The standard InChI is InChI=1S/C24H41NO4/c1-5-6-7-8-10-13-18-28-21-15-16-22(24(26)27)23(20-21)29-19-14-11-9-12-17-25(2,3)4/h15-16,20H,5-14,17-19H2,1-4H3/p+1. The average molecular weight is 409 g/mol. The maximum absolute atomic E-state index is 11.5. The molecule has 5 nitrogen and oxygen atoms in total. The quantitative estimate of drug-likeness (QED) is 0.263. The number of aromatic carboxylic acids is 1. The molecule has 1 N–H and O–H groups in total. The van der Waals surface area contributed by atoms with Crippen LogP contribution < -0.4 is 9.47 Å². The van der Waals surface area contributed by atoms with Crippen LogP contribution in [0.15, 0.2) is 18.2 Å². The van der Waals surface area contributed by atoms with Crippen molar-refractivity contribution in [2.45, 2.75) is 71.1 Å². The summed E-state index contributed by atoms with van der Waals surface area (Å²) < 4.78 is 12.6. The molecule has 0 bridgehead atoms. The first-order chi connectivity index (χ1) is 13.8. The van der Waals surface area contributed by atoms with Gasteiger partial charge in [0.05, 0.1) is 40.9 Å². The van der Waals surface area contributed by atoms with Crippen molar-refractivity contribution in [3.05, 3.63) is 23.8 Å². The zero-order valence-corrected chi connectivity index (χ0v) is 19.0. The fraction of sp³-hybridized carbons (Fsp3) is 0.708. The third-order valence-electron chi connectivity index (χ3n) is 4.93. The molecule has 5 heteroatoms. The highest BCUT2D eigenvalue weighted by Gasteiger charge is 2.13. The topological polar surface area (TPSA) is 55.8 Å². The lowest BCUT2D eigenvalue weighted by Crippen LogP contribution is -2.35. The second-order valence-corrected chi connectivity index (χ2v) is 8.86. The predicted molar refractivity (Wildman–Crippen MR) is 119 cm³/mol. The van der Waals surface area contributed by atoms with Crippen LogP contribution in [0, 0.1) is 0 Å². The number of rotatable bonds is 17. The molecule has 0 spiro atoms. The molecule has 0 aliphatic rings. The van der Waals surface area contributed by atoms with E-state index in [0.717, 1.165) is 23.7 Å². The van der Waals surface area contributed by atoms with Gasteiger partial charge >= 0.3 is 5.97 Å². The van der Waals surface area contributed by atoms with E-state index in [1.807, 2.05) is 0 Å². The van der Waals surface area contributed by atoms with Crippen LogP contribution in [0.2, 0.25) is 0 Å². The molecular formula is C24H42NO4+. The Kier molecular flexibility index (Phi) is 12.4. The number of carboxylic acids is 1. The Balaban J connectivity index is 2.37. The van der Waals surface area contributed by atoms with Gasteiger partial charge < -0.3 is 19.1 Å². The minimum Gasteiger partial charge on any atom is -0.493 e. The maximum Gasteiger partial charge on any atom is 0.339 e. The normalized spacial score (nSPS) is 11.4. The van der Waals surface area contributed by atoms with Crippen LogP contribution in [0.1, 0.15) is 81.5 Å². The molecule has 1 aromatic rings. The first-order valence-corrected chi connectivity index (χ1v) is 11.3. The van der Waals surface area contributed by atoms with Gasteiger partial charge in [0.15, 0.2) is 0 Å². The van der Waals surface area contributed by atoms with Gasteiger partial charge in [0.25, 0.3) is 0 Å². The molecule has 29 heavy (non-hydrogen) atoms. The van der Waals surface area contributed by atoms with Crippen molar-refractivity contribution in [1.82, 2.24) is 0 Å². The van der Waals surface area contributed by atoms with Gasteiger partial charge in [-0.25, -0.2) is 4.79 Å².